The summed E-state index contributed by atoms with van der Waals surface area (Å²) in [5, 5.41) is 3.23. The Morgan fingerprint density at radius 1 is 0.958 bits per heavy atom. The average molecular weight is 325 g/mol. The van der Waals surface area contributed by atoms with Crippen molar-refractivity contribution in [3.05, 3.63) is 30.2 Å². The van der Waals surface area contributed by atoms with E-state index in [9.17, 15) is 4.39 Å². The fourth-order valence-corrected chi connectivity index (χ4v) is 6.13. The molecule has 1 N–H and O–H groups in total. The lowest BCUT2D eigenvalue weighted by molar-refractivity contribution is -0.0552. The van der Waals surface area contributed by atoms with Crippen molar-refractivity contribution in [1.82, 2.24) is 9.97 Å². The maximum absolute atomic E-state index is 14.2. The van der Waals surface area contributed by atoms with Crippen LogP contribution in [0.5, 0.6) is 0 Å². The van der Waals surface area contributed by atoms with Crippen molar-refractivity contribution in [2.75, 3.05) is 11.9 Å². The third kappa shape index (κ3) is 2.47. The molecule has 2 aromatic rings. The van der Waals surface area contributed by atoms with E-state index in [2.05, 4.69) is 15.3 Å². The van der Waals surface area contributed by atoms with Crippen LogP contribution in [0.25, 0.3) is 11.0 Å². The minimum Gasteiger partial charge on any atom is -0.366 e. The first-order chi connectivity index (χ1) is 11.7. The predicted octanol–water partition coefficient (Wildman–Crippen LogP) is 4.79. The molecule has 4 aliphatic carbocycles. The molecule has 4 bridgehead atoms. The van der Waals surface area contributed by atoms with Gasteiger partial charge in [-0.3, -0.25) is 0 Å². The van der Waals surface area contributed by atoms with E-state index in [1.54, 1.807) is 6.07 Å². The zero-order valence-electron chi connectivity index (χ0n) is 14.0. The van der Waals surface area contributed by atoms with Gasteiger partial charge in [0.1, 0.15) is 0 Å². The summed E-state index contributed by atoms with van der Waals surface area (Å²) in [6, 6.07) is 7.45. The van der Waals surface area contributed by atoms with E-state index in [1.165, 1.54) is 38.5 Å². The van der Waals surface area contributed by atoms with Gasteiger partial charge < -0.3 is 5.32 Å². The van der Waals surface area contributed by atoms with Gasteiger partial charge in [-0.1, -0.05) is 12.1 Å². The van der Waals surface area contributed by atoms with Crippen LogP contribution in [-0.2, 0) is 0 Å². The van der Waals surface area contributed by atoms with Gasteiger partial charge >= 0.3 is 0 Å². The third-order valence-electron chi connectivity index (χ3n) is 6.64. The summed E-state index contributed by atoms with van der Waals surface area (Å²) in [6.07, 6.45) is 9.74. The second-order valence-electron chi connectivity index (χ2n) is 8.45. The number of fused-ring (bicyclic) bond motifs is 1. The van der Waals surface area contributed by atoms with Gasteiger partial charge in [-0.25, -0.2) is 9.97 Å². The molecular formula is C20H24FN3. The molecule has 3 nitrogen and oxygen atoms in total. The van der Waals surface area contributed by atoms with E-state index in [0.29, 0.717) is 16.7 Å². The smallest absolute Gasteiger partial charge is 0.256 e. The molecule has 0 unspecified atom stereocenters. The fraction of sp³-hybridized carbons (Fsp3) is 0.600. The molecule has 4 fully saturated rings. The van der Waals surface area contributed by atoms with Crippen LogP contribution in [0.4, 0.5) is 10.2 Å². The van der Waals surface area contributed by atoms with Crippen molar-refractivity contribution < 1.29 is 4.39 Å². The maximum Gasteiger partial charge on any atom is 0.256 e. The largest absolute Gasteiger partial charge is 0.366 e. The van der Waals surface area contributed by atoms with Gasteiger partial charge in [0.2, 0.25) is 0 Å². The van der Waals surface area contributed by atoms with Crippen molar-refractivity contribution in [3.8, 4) is 0 Å². The first kappa shape index (κ1) is 14.6. The number of para-hydroxylation sites is 2. The molecule has 1 aromatic heterocycles. The molecule has 126 valence electrons. The number of benzene rings is 1. The molecule has 4 heteroatoms. The molecule has 4 saturated carbocycles. The summed E-state index contributed by atoms with van der Waals surface area (Å²) < 4.78 is 14.2. The van der Waals surface area contributed by atoms with Crippen molar-refractivity contribution in [1.29, 1.82) is 0 Å². The Morgan fingerprint density at radius 3 is 2.17 bits per heavy atom. The molecule has 0 atom stereocenters. The monoisotopic (exact) mass is 325 g/mol. The molecule has 0 saturated heterocycles. The molecule has 0 spiro atoms. The normalized spacial score (nSPS) is 34.0. The molecule has 24 heavy (non-hydrogen) atoms. The van der Waals surface area contributed by atoms with Gasteiger partial charge in [0.15, 0.2) is 5.82 Å². The Hall–Kier alpha value is -1.71. The number of aromatic nitrogens is 2. The van der Waals surface area contributed by atoms with E-state index in [-0.39, 0.29) is 0 Å². The van der Waals surface area contributed by atoms with Gasteiger partial charge in [0.05, 0.1) is 11.0 Å². The van der Waals surface area contributed by atoms with E-state index in [1.807, 2.05) is 18.2 Å². The Bertz CT molecular complexity index is 737. The highest BCUT2D eigenvalue weighted by Crippen LogP contribution is 2.61. The Kier molecular flexibility index (Phi) is 3.29. The molecule has 0 aliphatic heterocycles. The van der Waals surface area contributed by atoms with Gasteiger partial charge in [0, 0.05) is 6.54 Å². The van der Waals surface area contributed by atoms with E-state index in [0.717, 1.165) is 36.2 Å². The first-order valence-corrected chi connectivity index (χ1v) is 9.35. The quantitative estimate of drug-likeness (QED) is 0.878. The summed E-state index contributed by atoms with van der Waals surface area (Å²) >= 11 is 0. The number of hydrogen-bond donors (Lipinski definition) is 1. The van der Waals surface area contributed by atoms with Crippen molar-refractivity contribution >= 4 is 16.9 Å². The van der Waals surface area contributed by atoms with Gasteiger partial charge in [0.25, 0.3) is 5.95 Å². The SMILES string of the molecule is Fc1nc2ccccc2nc1NCCC12CC3CC(CC(C3)C1)C2. The lowest BCUT2D eigenvalue weighted by atomic mass is 9.49. The highest BCUT2D eigenvalue weighted by molar-refractivity contribution is 5.75. The van der Waals surface area contributed by atoms with Crippen LogP contribution in [0.15, 0.2) is 24.3 Å². The average Bonchev–Trinajstić information content (AvgIpc) is 2.54. The van der Waals surface area contributed by atoms with Crippen LogP contribution < -0.4 is 5.32 Å². The van der Waals surface area contributed by atoms with Gasteiger partial charge in [-0.15, -0.1) is 0 Å². The number of hydrogen-bond acceptors (Lipinski definition) is 3. The van der Waals surface area contributed by atoms with Crippen LogP contribution >= 0.6 is 0 Å². The summed E-state index contributed by atoms with van der Waals surface area (Å²) in [7, 11) is 0. The Morgan fingerprint density at radius 2 is 1.54 bits per heavy atom. The number of nitrogens with one attached hydrogen (secondary N) is 1. The van der Waals surface area contributed by atoms with Crippen LogP contribution in [0.1, 0.15) is 44.9 Å². The highest BCUT2D eigenvalue weighted by atomic mass is 19.1. The second kappa shape index (κ2) is 5.40. The molecule has 0 amide bonds. The molecule has 1 heterocycles. The molecule has 1 aromatic carbocycles. The highest BCUT2D eigenvalue weighted by Gasteiger charge is 2.50. The standard InChI is InChI=1S/C20H24FN3/c21-18-19(24-17-4-2-1-3-16(17)23-18)22-6-5-20-10-13-7-14(11-20)9-15(8-13)12-20/h1-4,13-15H,5-12H2,(H,22,24). The van der Waals surface area contributed by atoms with Crippen LogP contribution in [0.2, 0.25) is 0 Å². The summed E-state index contributed by atoms with van der Waals surface area (Å²) in [5.41, 5.74) is 1.88. The Labute approximate surface area is 142 Å². The van der Waals surface area contributed by atoms with Crippen molar-refractivity contribution in [2.24, 2.45) is 23.2 Å². The van der Waals surface area contributed by atoms with Gasteiger partial charge in [-0.2, -0.15) is 4.39 Å². The van der Waals surface area contributed by atoms with E-state index in [4.69, 9.17) is 0 Å². The Balaban J connectivity index is 1.29. The summed E-state index contributed by atoms with van der Waals surface area (Å²) in [4.78, 5) is 8.44. The van der Waals surface area contributed by atoms with Crippen LogP contribution in [0, 0.1) is 29.1 Å². The zero-order chi connectivity index (χ0) is 16.1. The molecule has 4 aliphatic rings. The number of anilines is 1. The number of halogens is 1. The summed E-state index contributed by atoms with van der Waals surface area (Å²) in [5.74, 6) is 2.72. The fourth-order valence-electron chi connectivity index (χ4n) is 6.13. The topological polar surface area (TPSA) is 37.8 Å². The maximum atomic E-state index is 14.2. The van der Waals surface area contributed by atoms with Crippen molar-refractivity contribution in [2.45, 2.75) is 44.9 Å². The molecular weight excluding hydrogens is 301 g/mol. The van der Waals surface area contributed by atoms with Crippen LogP contribution in [-0.4, -0.2) is 16.5 Å². The zero-order valence-corrected chi connectivity index (χ0v) is 14.0. The first-order valence-electron chi connectivity index (χ1n) is 9.35. The van der Waals surface area contributed by atoms with E-state index < -0.39 is 5.95 Å². The molecule has 0 radical (unpaired) electrons. The second-order valence-corrected chi connectivity index (χ2v) is 8.45. The van der Waals surface area contributed by atoms with Crippen LogP contribution in [0.3, 0.4) is 0 Å². The lowest BCUT2D eigenvalue weighted by Gasteiger charge is -2.57. The number of nitrogens with zero attached hydrogens (tertiary/aromatic N) is 2. The van der Waals surface area contributed by atoms with Crippen molar-refractivity contribution in [3.63, 3.8) is 0 Å². The predicted molar refractivity (Wildman–Crippen MR) is 93.2 cm³/mol. The van der Waals surface area contributed by atoms with E-state index >= 15 is 0 Å². The number of rotatable bonds is 4. The summed E-state index contributed by atoms with van der Waals surface area (Å²) in [6.45, 7) is 0.802. The minimum atomic E-state index is -0.487. The lowest BCUT2D eigenvalue weighted by Crippen LogP contribution is -2.46. The molecule has 6 rings (SSSR count). The third-order valence-corrected chi connectivity index (χ3v) is 6.64. The van der Waals surface area contributed by atoms with Gasteiger partial charge in [-0.05, 0) is 80.2 Å². The minimum absolute atomic E-state index is 0.304.